The van der Waals surface area contributed by atoms with Crippen molar-refractivity contribution >= 4 is 33.0 Å². The highest BCUT2D eigenvalue weighted by atomic mass is 79.9. The minimum Gasteiger partial charge on any atom is -0.398 e. The summed E-state index contributed by atoms with van der Waals surface area (Å²) in [4.78, 5) is 4.28. The van der Waals surface area contributed by atoms with Crippen LogP contribution in [-0.2, 0) is 6.54 Å². The fourth-order valence-corrected chi connectivity index (χ4v) is 2.57. The van der Waals surface area contributed by atoms with Gasteiger partial charge in [0.2, 0.25) is 0 Å². The molecule has 3 nitrogen and oxygen atoms in total. The molecule has 1 atom stereocenters. The van der Waals surface area contributed by atoms with Crippen molar-refractivity contribution < 1.29 is 0 Å². The average molecular weight is 312 g/mol. The predicted octanol–water partition coefficient (Wildman–Crippen LogP) is 3.34. The Balaban J connectivity index is 1.98. The summed E-state index contributed by atoms with van der Waals surface area (Å²) in [6, 6.07) is 6.20. The van der Waals surface area contributed by atoms with Gasteiger partial charge in [-0.3, -0.25) is 0 Å². The molecule has 0 amide bonds. The van der Waals surface area contributed by atoms with Crippen LogP contribution >= 0.6 is 27.3 Å². The van der Waals surface area contributed by atoms with E-state index in [1.807, 2.05) is 29.8 Å². The Hall–Kier alpha value is -0.910. The van der Waals surface area contributed by atoms with Gasteiger partial charge in [0.05, 0.1) is 6.04 Å². The molecule has 1 heterocycles. The van der Waals surface area contributed by atoms with Gasteiger partial charge in [-0.25, -0.2) is 4.98 Å². The minimum atomic E-state index is 0.248. The van der Waals surface area contributed by atoms with Crippen molar-refractivity contribution in [1.82, 2.24) is 10.3 Å². The zero-order valence-corrected chi connectivity index (χ0v) is 11.9. The molecule has 0 bridgehead atoms. The van der Waals surface area contributed by atoms with Crippen LogP contribution in [0.3, 0.4) is 0 Å². The number of hydrogen-bond acceptors (Lipinski definition) is 4. The molecule has 0 saturated heterocycles. The number of hydrogen-bond donors (Lipinski definition) is 2. The van der Waals surface area contributed by atoms with Gasteiger partial charge in [-0.05, 0) is 24.6 Å². The molecule has 1 aromatic carbocycles. The van der Waals surface area contributed by atoms with Crippen LogP contribution < -0.4 is 11.1 Å². The van der Waals surface area contributed by atoms with Gasteiger partial charge in [-0.1, -0.05) is 22.0 Å². The van der Waals surface area contributed by atoms with Gasteiger partial charge in [0.1, 0.15) is 5.01 Å². The summed E-state index contributed by atoms with van der Waals surface area (Å²) in [5.74, 6) is 0. The maximum Gasteiger partial charge on any atom is 0.109 e. The summed E-state index contributed by atoms with van der Waals surface area (Å²) in [6.45, 7) is 2.85. The zero-order chi connectivity index (χ0) is 12.3. The first kappa shape index (κ1) is 12.5. The summed E-state index contributed by atoms with van der Waals surface area (Å²) in [7, 11) is 0. The van der Waals surface area contributed by atoms with E-state index in [1.54, 1.807) is 11.3 Å². The van der Waals surface area contributed by atoms with E-state index < -0.39 is 0 Å². The van der Waals surface area contributed by atoms with Gasteiger partial charge in [0.25, 0.3) is 0 Å². The summed E-state index contributed by atoms with van der Waals surface area (Å²) in [5, 5.41) is 6.50. The Kier molecular flexibility index (Phi) is 4.15. The normalized spacial score (nSPS) is 12.6. The van der Waals surface area contributed by atoms with Crippen molar-refractivity contribution in [2.24, 2.45) is 0 Å². The Morgan fingerprint density at radius 2 is 2.35 bits per heavy atom. The number of aromatic nitrogens is 1. The number of nitrogen functional groups attached to an aromatic ring is 1. The highest BCUT2D eigenvalue weighted by molar-refractivity contribution is 9.10. The number of benzene rings is 1. The summed E-state index contributed by atoms with van der Waals surface area (Å²) in [5.41, 5.74) is 7.86. The first-order valence-electron chi connectivity index (χ1n) is 5.33. The van der Waals surface area contributed by atoms with Crippen molar-refractivity contribution in [1.29, 1.82) is 0 Å². The fraction of sp³-hybridized carbons (Fsp3) is 0.250. The standard InChI is InChI=1S/C12H14BrN3S/c1-8(12-15-4-5-17-12)16-7-9-2-3-10(13)6-11(9)14/h2-6,8,16H,7,14H2,1H3. The largest absolute Gasteiger partial charge is 0.398 e. The van der Waals surface area contributed by atoms with Gasteiger partial charge in [-0.2, -0.15) is 0 Å². The first-order chi connectivity index (χ1) is 8.16. The van der Waals surface area contributed by atoms with E-state index in [-0.39, 0.29) is 6.04 Å². The lowest BCUT2D eigenvalue weighted by atomic mass is 10.2. The third-order valence-corrected chi connectivity index (χ3v) is 3.98. The van der Waals surface area contributed by atoms with Gasteiger partial charge >= 0.3 is 0 Å². The third kappa shape index (κ3) is 3.28. The summed E-state index contributed by atoms with van der Waals surface area (Å²) >= 11 is 5.06. The van der Waals surface area contributed by atoms with Crippen LogP contribution in [0, 0.1) is 0 Å². The molecular formula is C12H14BrN3S. The first-order valence-corrected chi connectivity index (χ1v) is 7.01. The van der Waals surface area contributed by atoms with Crippen LogP contribution in [0.15, 0.2) is 34.2 Å². The number of nitrogens with zero attached hydrogens (tertiary/aromatic N) is 1. The van der Waals surface area contributed by atoms with E-state index >= 15 is 0 Å². The zero-order valence-electron chi connectivity index (χ0n) is 9.48. The highest BCUT2D eigenvalue weighted by Crippen LogP contribution is 2.20. The fourth-order valence-electron chi connectivity index (χ4n) is 1.53. The monoisotopic (exact) mass is 311 g/mol. The van der Waals surface area contributed by atoms with E-state index in [4.69, 9.17) is 5.73 Å². The Bertz CT molecular complexity index is 485. The summed E-state index contributed by atoms with van der Waals surface area (Å²) < 4.78 is 1.01. The molecule has 1 aromatic heterocycles. The number of thiazole rings is 1. The molecule has 0 radical (unpaired) electrons. The van der Waals surface area contributed by atoms with Gasteiger partial charge < -0.3 is 11.1 Å². The second-order valence-electron chi connectivity index (χ2n) is 3.82. The molecule has 0 aliphatic carbocycles. The lowest BCUT2D eigenvalue weighted by Crippen LogP contribution is -2.18. The Labute approximate surface area is 113 Å². The lowest BCUT2D eigenvalue weighted by molar-refractivity contribution is 0.572. The number of anilines is 1. The van der Waals surface area contributed by atoms with Crippen molar-refractivity contribution in [2.75, 3.05) is 5.73 Å². The van der Waals surface area contributed by atoms with Gasteiger partial charge in [0, 0.05) is 28.3 Å². The quantitative estimate of drug-likeness (QED) is 0.851. The van der Waals surface area contributed by atoms with Gasteiger partial charge in [0.15, 0.2) is 0 Å². The molecular weight excluding hydrogens is 298 g/mol. The maximum atomic E-state index is 5.94. The smallest absolute Gasteiger partial charge is 0.109 e. The molecule has 1 unspecified atom stereocenters. The topological polar surface area (TPSA) is 50.9 Å². The van der Waals surface area contributed by atoms with Crippen LogP contribution in [0.4, 0.5) is 5.69 Å². The van der Waals surface area contributed by atoms with E-state index in [9.17, 15) is 0 Å². The van der Waals surface area contributed by atoms with E-state index in [0.29, 0.717) is 0 Å². The van der Waals surface area contributed by atoms with Crippen molar-refractivity contribution in [3.63, 3.8) is 0 Å². The number of nitrogens with one attached hydrogen (secondary N) is 1. The van der Waals surface area contributed by atoms with Crippen molar-refractivity contribution in [3.05, 3.63) is 44.8 Å². The molecule has 0 spiro atoms. The van der Waals surface area contributed by atoms with E-state index in [2.05, 4.69) is 33.2 Å². The maximum absolute atomic E-state index is 5.94. The molecule has 2 rings (SSSR count). The SMILES string of the molecule is CC(NCc1ccc(Br)cc1N)c1nccs1. The second kappa shape index (κ2) is 5.62. The number of nitrogens with two attached hydrogens (primary N) is 1. The number of halogens is 1. The Morgan fingerprint density at radius 3 is 3.00 bits per heavy atom. The lowest BCUT2D eigenvalue weighted by Gasteiger charge is -2.12. The van der Waals surface area contributed by atoms with E-state index in [0.717, 1.165) is 27.3 Å². The van der Waals surface area contributed by atoms with Crippen LogP contribution in [0.5, 0.6) is 0 Å². The third-order valence-electron chi connectivity index (χ3n) is 2.53. The van der Waals surface area contributed by atoms with Crippen LogP contribution in [0.2, 0.25) is 0 Å². The molecule has 5 heteroatoms. The van der Waals surface area contributed by atoms with Crippen molar-refractivity contribution in [3.8, 4) is 0 Å². The average Bonchev–Trinajstić information content (AvgIpc) is 2.81. The minimum absolute atomic E-state index is 0.248. The van der Waals surface area contributed by atoms with Crippen LogP contribution in [0.1, 0.15) is 23.5 Å². The molecule has 3 N–H and O–H groups in total. The van der Waals surface area contributed by atoms with Crippen LogP contribution in [0.25, 0.3) is 0 Å². The summed E-state index contributed by atoms with van der Waals surface area (Å²) in [6.07, 6.45) is 1.83. The molecule has 0 aliphatic rings. The van der Waals surface area contributed by atoms with Crippen molar-refractivity contribution in [2.45, 2.75) is 19.5 Å². The molecule has 0 aliphatic heterocycles. The molecule has 0 fully saturated rings. The molecule has 2 aromatic rings. The van der Waals surface area contributed by atoms with Gasteiger partial charge in [-0.15, -0.1) is 11.3 Å². The highest BCUT2D eigenvalue weighted by Gasteiger charge is 2.08. The molecule has 0 saturated carbocycles. The predicted molar refractivity (Wildman–Crippen MR) is 75.9 cm³/mol. The second-order valence-corrected chi connectivity index (χ2v) is 5.66. The molecule has 90 valence electrons. The van der Waals surface area contributed by atoms with E-state index in [1.165, 1.54) is 0 Å². The van der Waals surface area contributed by atoms with Crippen LogP contribution in [-0.4, -0.2) is 4.98 Å². The Morgan fingerprint density at radius 1 is 1.53 bits per heavy atom. The number of rotatable bonds is 4. The molecule has 17 heavy (non-hydrogen) atoms.